The fourth-order valence-corrected chi connectivity index (χ4v) is 2.77. The third-order valence-electron chi connectivity index (χ3n) is 3.12. The fraction of sp³-hybridized carbons (Fsp3) is 0.571. The van der Waals surface area contributed by atoms with Crippen LogP contribution < -0.4 is 10.0 Å². The Morgan fingerprint density at radius 2 is 2.00 bits per heavy atom. The molecule has 0 bridgehead atoms. The van der Waals surface area contributed by atoms with Crippen LogP contribution in [0.1, 0.15) is 25.8 Å². The van der Waals surface area contributed by atoms with Gasteiger partial charge < -0.3 is 5.32 Å². The second-order valence-corrected chi connectivity index (χ2v) is 7.08. The van der Waals surface area contributed by atoms with Crippen molar-refractivity contribution in [1.29, 1.82) is 0 Å². The van der Waals surface area contributed by atoms with Gasteiger partial charge in [0.15, 0.2) is 0 Å². The summed E-state index contributed by atoms with van der Waals surface area (Å²) in [4.78, 5) is 0. The van der Waals surface area contributed by atoms with Crippen LogP contribution in [-0.4, -0.2) is 38.9 Å². The summed E-state index contributed by atoms with van der Waals surface area (Å²) in [6.45, 7) is 6.75. The maximum absolute atomic E-state index is 13.4. The lowest BCUT2D eigenvalue weighted by molar-refractivity contribution is 0.451. The fourth-order valence-electron chi connectivity index (χ4n) is 1.75. The predicted molar refractivity (Wildman–Crippen MR) is 84.1 cm³/mol. The molecule has 0 fully saturated rings. The van der Waals surface area contributed by atoms with E-state index in [2.05, 4.69) is 10.0 Å². The molecule has 5 nitrogen and oxygen atoms in total. The lowest BCUT2D eigenvalue weighted by Gasteiger charge is -2.19. The molecular weight excluding hydrogens is 293 g/mol. The first kappa shape index (κ1) is 17.9. The van der Waals surface area contributed by atoms with Crippen LogP contribution in [0.25, 0.3) is 0 Å². The van der Waals surface area contributed by atoms with E-state index >= 15 is 0 Å². The number of hydrogen-bond acceptors (Lipinski definition) is 3. The van der Waals surface area contributed by atoms with E-state index in [-0.39, 0.29) is 11.3 Å². The maximum atomic E-state index is 13.4. The van der Waals surface area contributed by atoms with Crippen molar-refractivity contribution in [3.63, 3.8) is 0 Å². The minimum absolute atomic E-state index is 0.266. The Hall–Kier alpha value is -1.18. The van der Waals surface area contributed by atoms with Crippen LogP contribution in [0.15, 0.2) is 18.2 Å². The van der Waals surface area contributed by atoms with Gasteiger partial charge in [-0.05, 0) is 32.0 Å². The largest absolute Gasteiger partial charge is 0.314 e. The van der Waals surface area contributed by atoms with E-state index in [1.54, 1.807) is 13.0 Å². The van der Waals surface area contributed by atoms with Gasteiger partial charge in [0.2, 0.25) is 0 Å². The van der Waals surface area contributed by atoms with Gasteiger partial charge in [-0.15, -0.1) is 0 Å². The van der Waals surface area contributed by atoms with Gasteiger partial charge in [0.05, 0.1) is 5.69 Å². The van der Waals surface area contributed by atoms with E-state index in [4.69, 9.17) is 0 Å². The summed E-state index contributed by atoms with van der Waals surface area (Å²) >= 11 is 0. The number of benzene rings is 1. The molecule has 0 atom stereocenters. The highest BCUT2D eigenvalue weighted by Gasteiger charge is 2.18. The zero-order valence-corrected chi connectivity index (χ0v) is 13.8. The molecule has 1 aromatic carbocycles. The summed E-state index contributed by atoms with van der Waals surface area (Å²) in [5.41, 5.74) is 0.554. The molecule has 0 saturated heterocycles. The number of hydrogen-bond donors (Lipinski definition) is 2. The van der Waals surface area contributed by atoms with Crippen LogP contribution in [0.5, 0.6) is 0 Å². The molecule has 0 amide bonds. The van der Waals surface area contributed by atoms with E-state index in [1.807, 2.05) is 13.8 Å². The molecule has 1 rings (SSSR count). The average molecular weight is 317 g/mol. The van der Waals surface area contributed by atoms with E-state index < -0.39 is 16.0 Å². The molecular formula is C14H24FN3O2S. The Morgan fingerprint density at radius 3 is 2.62 bits per heavy atom. The number of nitrogens with one attached hydrogen (secondary N) is 2. The molecule has 0 aliphatic carbocycles. The van der Waals surface area contributed by atoms with Gasteiger partial charge in [0.25, 0.3) is 0 Å². The molecule has 0 spiro atoms. The average Bonchev–Trinajstić information content (AvgIpc) is 2.39. The zero-order chi connectivity index (χ0) is 16.0. The predicted octanol–water partition coefficient (Wildman–Crippen LogP) is 2.11. The van der Waals surface area contributed by atoms with Crippen LogP contribution >= 0.6 is 0 Å². The van der Waals surface area contributed by atoms with Crippen LogP contribution in [-0.2, 0) is 10.2 Å². The van der Waals surface area contributed by atoms with Crippen molar-refractivity contribution in [2.45, 2.75) is 33.2 Å². The Kier molecular flexibility index (Phi) is 6.57. The first-order valence-corrected chi connectivity index (χ1v) is 8.40. The monoisotopic (exact) mass is 317 g/mol. The van der Waals surface area contributed by atoms with E-state index in [9.17, 15) is 12.8 Å². The first-order valence-electron chi connectivity index (χ1n) is 6.96. The molecule has 1 aromatic rings. The SMILES string of the molecule is Cc1c(F)cccc1NS(=O)(=O)N(C)CCCNC(C)C. The molecule has 0 saturated carbocycles. The summed E-state index contributed by atoms with van der Waals surface area (Å²) in [6.07, 6.45) is 0.706. The smallest absolute Gasteiger partial charge is 0.301 e. The highest BCUT2D eigenvalue weighted by Crippen LogP contribution is 2.19. The second kappa shape index (κ2) is 7.72. The second-order valence-electron chi connectivity index (χ2n) is 5.30. The van der Waals surface area contributed by atoms with Gasteiger partial charge in [-0.3, -0.25) is 4.72 Å². The van der Waals surface area contributed by atoms with Crippen molar-refractivity contribution in [3.8, 4) is 0 Å². The summed E-state index contributed by atoms with van der Waals surface area (Å²) in [5.74, 6) is -0.431. The maximum Gasteiger partial charge on any atom is 0.301 e. The molecule has 21 heavy (non-hydrogen) atoms. The van der Waals surface area contributed by atoms with Gasteiger partial charge in [0, 0.05) is 25.2 Å². The van der Waals surface area contributed by atoms with Gasteiger partial charge in [-0.25, -0.2) is 4.39 Å². The molecule has 120 valence electrons. The molecule has 0 aliphatic heterocycles. The summed E-state index contributed by atoms with van der Waals surface area (Å²) in [7, 11) is -2.16. The third-order valence-corrected chi connectivity index (χ3v) is 4.60. The third kappa shape index (κ3) is 5.61. The van der Waals surface area contributed by atoms with Crippen molar-refractivity contribution in [2.75, 3.05) is 24.9 Å². The highest BCUT2D eigenvalue weighted by molar-refractivity contribution is 7.90. The summed E-state index contributed by atoms with van der Waals surface area (Å²) < 4.78 is 41.4. The Labute approximate surface area is 126 Å². The van der Waals surface area contributed by atoms with Crippen molar-refractivity contribution in [2.24, 2.45) is 0 Å². The first-order chi connectivity index (χ1) is 9.74. The number of rotatable bonds is 8. The van der Waals surface area contributed by atoms with Gasteiger partial charge in [-0.1, -0.05) is 19.9 Å². The quantitative estimate of drug-likeness (QED) is 0.722. The summed E-state index contributed by atoms with van der Waals surface area (Å²) in [5, 5.41) is 3.23. The van der Waals surface area contributed by atoms with Crippen LogP contribution in [0, 0.1) is 12.7 Å². The lowest BCUT2D eigenvalue weighted by Crippen LogP contribution is -2.35. The highest BCUT2D eigenvalue weighted by atomic mass is 32.2. The Balaban J connectivity index is 2.62. The van der Waals surface area contributed by atoms with Gasteiger partial charge in [-0.2, -0.15) is 12.7 Å². The lowest BCUT2D eigenvalue weighted by atomic mass is 10.2. The molecule has 0 aromatic heterocycles. The Bertz CT molecular complexity index is 561. The minimum Gasteiger partial charge on any atom is -0.314 e. The van der Waals surface area contributed by atoms with Crippen LogP contribution in [0.4, 0.5) is 10.1 Å². The standard InChI is InChI=1S/C14H24FN3O2S/c1-11(2)16-9-6-10-18(4)21(19,20)17-14-8-5-7-13(15)12(14)3/h5,7-8,11,16-17H,6,9-10H2,1-4H3. The molecule has 0 heterocycles. The van der Waals surface area contributed by atoms with Gasteiger partial charge in [0.1, 0.15) is 5.82 Å². The molecule has 0 radical (unpaired) electrons. The van der Waals surface area contributed by atoms with E-state index in [1.165, 1.54) is 23.5 Å². The van der Waals surface area contributed by atoms with Crippen molar-refractivity contribution < 1.29 is 12.8 Å². The number of halogens is 1. The number of anilines is 1. The number of nitrogens with zero attached hydrogens (tertiary/aromatic N) is 1. The van der Waals surface area contributed by atoms with Crippen molar-refractivity contribution in [1.82, 2.24) is 9.62 Å². The molecule has 2 N–H and O–H groups in total. The van der Waals surface area contributed by atoms with Crippen molar-refractivity contribution >= 4 is 15.9 Å². The van der Waals surface area contributed by atoms with Crippen LogP contribution in [0.2, 0.25) is 0 Å². The normalized spacial score (nSPS) is 12.1. The minimum atomic E-state index is -3.66. The molecule has 0 unspecified atom stereocenters. The topological polar surface area (TPSA) is 61.4 Å². The molecule has 7 heteroatoms. The zero-order valence-electron chi connectivity index (χ0n) is 13.0. The van der Waals surface area contributed by atoms with Gasteiger partial charge >= 0.3 is 10.2 Å². The molecule has 0 aliphatic rings. The Morgan fingerprint density at radius 1 is 1.33 bits per heavy atom. The van der Waals surface area contributed by atoms with Crippen LogP contribution in [0.3, 0.4) is 0 Å². The van der Waals surface area contributed by atoms with Crippen molar-refractivity contribution in [3.05, 3.63) is 29.6 Å². The van der Waals surface area contributed by atoms with E-state index in [0.29, 0.717) is 19.0 Å². The summed E-state index contributed by atoms with van der Waals surface area (Å²) in [6, 6.07) is 4.70. The van der Waals surface area contributed by atoms with E-state index in [0.717, 1.165) is 6.54 Å².